The lowest BCUT2D eigenvalue weighted by molar-refractivity contribution is 0.425. The van der Waals surface area contributed by atoms with E-state index in [0.29, 0.717) is 6.54 Å². The van der Waals surface area contributed by atoms with E-state index in [4.69, 9.17) is 10.0 Å². The normalized spacial score (nSPS) is 9.85. The van der Waals surface area contributed by atoms with Crippen molar-refractivity contribution in [1.29, 1.82) is 0 Å². The van der Waals surface area contributed by atoms with Gasteiger partial charge < -0.3 is 15.4 Å². The Morgan fingerprint density at radius 2 is 2.15 bits per heavy atom. The molecule has 70 valence electrons. The zero-order valence-electron chi connectivity index (χ0n) is 7.29. The summed E-state index contributed by atoms with van der Waals surface area (Å²) in [4.78, 5) is 0. The monoisotopic (exact) mass is 183 g/mol. The average Bonchev–Trinajstić information content (AvgIpc) is 2.08. The molecule has 0 aliphatic rings. The van der Waals surface area contributed by atoms with Crippen LogP contribution in [0.15, 0.2) is 18.2 Å². The largest absolute Gasteiger partial charge is 0.490 e. The lowest BCUT2D eigenvalue weighted by atomic mass is 9.79. The van der Waals surface area contributed by atoms with Gasteiger partial charge in [0.1, 0.15) is 5.82 Å². The first-order chi connectivity index (χ1) is 6.16. The van der Waals surface area contributed by atoms with Crippen molar-refractivity contribution in [2.75, 3.05) is 11.9 Å². The summed E-state index contributed by atoms with van der Waals surface area (Å²) >= 11 is 0. The van der Waals surface area contributed by atoms with Crippen LogP contribution in [0.1, 0.15) is 6.92 Å². The van der Waals surface area contributed by atoms with E-state index in [1.165, 1.54) is 18.2 Å². The van der Waals surface area contributed by atoms with Crippen molar-refractivity contribution in [3.05, 3.63) is 24.0 Å². The molecule has 5 heteroatoms. The third kappa shape index (κ3) is 2.20. The van der Waals surface area contributed by atoms with Gasteiger partial charge >= 0.3 is 7.12 Å². The molecule has 0 heterocycles. The van der Waals surface area contributed by atoms with Crippen molar-refractivity contribution in [2.45, 2.75) is 6.92 Å². The van der Waals surface area contributed by atoms with E-state index in [9.17, 15) is 4.39 Å². The molecule has 0 saturated carbocycles. The first-order valence-electron chi connectivity index (χ1n) is 4.05. The topological polar surface area (TPSA) is 52.5 Å². The van der Waals surface area contributed by atoms with Crippen LogP contribution < -0.4 is 10.8 Å². The van der Waals surface area contributed by atoms with Crippen LogP contribution in [0.5, 0.6) is 0 Å². The Morgan fingerprint density at radius 3 is 2.69 bits per heavy atom. The highest BCUT2D eigenvalue weighted by Crippen LogP contribution is 2.10. The van der Waals surface area contributed by atoms with Crippen LogP contribution in [0.3, 0.4) is 0 Å². The second kappa shape index (κ2) is 4.25. The van der Waals surface area contributed by atoms with Crippen LogP contribution in [-0.4, -0.2) is 23.7 Å². The zero-order valence-corrected chi connectivity index (χ0v) is 7.29. The molecule has 1 aromatic rings. The number of nitrogens with one attached hydrogen (secondary N) is 1. The highest BCUT2D eigenvalue weighted by atomic mass is 19.1. The van der Waals surface area contributed by atoms with Gasteiger partial charge in [-0.3, -0.25) is 0 Å². The molecule has 0 fully saturated rings. The third-order valence-corrected chi connectivity index (χ3v) is 1.68. The predicted molar refractivity (Wildman–Crippen MR) is 50.4 cm³/mol. The van der Waals surface area contributed by atoms with Gasteiger partial charge in [0.25, 0.3) is 0 Å². The summed E-state index contributed by atoms with van der Waals surface area (Å²) in [5, 5.41) is 20.5. The molecule has 13 heavy (non-hydrogen) atoms. The second-order valence-corrected chi connectivity index (χ2v) is 2.61. The number of hydrogen-bond donors (Lipinski definition) is 3. The summed E-state index contributed by atoms with van der Waals surface area (Å²) in [6.07, 6.45) is 0. The van der Waals surface area contributed by atoms with Crippen molar-refractivity contribution >= 4 is 18.3 Å². The Balaban J connectivity index is 3.09. The first-order valence-corrected chi connectivity index (χ1v) is 4.05. The molecule has 1 aromatic carbocycles. The Hall–Kier alpha value is -1.07. The zero-order chi connectivity index (χ0) is 9.84. The maximum Gasteiger partial charge on any atom is 0.490 e. The Morgan fingerprint density at radius 1 is 1.46 bits per heavy atom. The van der Waals surface area contributed by atoms with Gasteiger partial charge in [-0.2, -0.15) is 0 Å². The quantitative estimate of drug-likeness (QED) is 0.575. The molecule has 0 aliphatic carbocycles. The summed E-state index contributed by atoms with van der Waals surface area (Å²) in [5.41, 5.74) is 0.307. The predicted octanol–water partition coefficient (Wildman–Crippen LogP) is -0.0627. The Labute approximate surface area is 76.4 Å². The molecule has 0 unspecified atom stereocenters. The van der Waals surface area contributed by atoms with Crippen LogP contribution in [0, 0.1) is 5.82 Å². The Kier molecular flexibility index (Phi) is 3.28. The number of para-hydroxylation sites is 1. The van der Waals surface area contributed by atoms with E-state index in [1.54, 1.807) is 6.92 Å². The molecule has 0 amide bonds. The third-order valence-electron chi connectivity index (χ3n) is 1.68. The standard InChI is InChI=1S/C8H11BFNO2/c1-2-11-8-6(9(12)13)4-3-5-7(8)10/h3-5,11-13H,2H2,1H3. The van der Waals surface area contributed by atoms with Gasteiger partial charge in [0.15, 0.2) is 0 Å². The van der Waals surface area contributed by atoms with Gasteiger partial charge in [0.2, 0.25) is 0 Å². The van der Waals surface area contributed by atoms with Crippen LogP contribution >= 0.6 is 0 Å². The molecule has 1 rings (SSSR count). The number of benzene rings is 1. The number of halogens is 1. The van der Waals surface area contributed by atoms with E-state index in [-0.39, 0.29) is 11.2 Å². The van der Waals surface area contributed by atoms with E-state index in [2.05, 4.69) is 5.32 Å². The van der Waals surface area contributed by atoms with E-state index < -0.39 is 12.9 Å². The molecule has 0 radical (unpaired) electrons. The van der Waals surface area contributed by atoms with Crippen molar-refractivity contribution in [2.24, 2.45) is 0 Å². The molecule has 3 N–H and O–H groups in total. The maximum absolute atomic E-state index is 13.1. The van der Waals surface area contributed by atoms with Gasteiger partial charge in [0.05, 0.1) is 5.69 Å². The van der Waals surface area contributed by atoms with Gasteiger partial charge in [-0.15, -0.1) is 0 Å². The molecular weight excluding hydrogens is 172 g/mol. The van der Waals surface area contributed by atoms with Gasteiger partial charge in [0, 0.05) is 12.0 Å². The fourth-order valence-electron chi connectivity index (χ4n) is 1.12. The van der Waals surface area contributed by atoms with Crippen LogP contribution in [0.4, 0.5) is 10.1 Å². The number of rotatable bonds is 3. The number of anilines is 1. The summed E-state index contributed by atoms with van der Waals surface area (Å²) in [7, 11) is -1.65. The van der Waals surface area contributed by atoms with Gasteiger partial charge in [-0.1, -0.05) is 12.1 Å². The SMILES string of the molecule is CCNc1c(F)cccc1B(O)O. The maximum atomic E-state index is 13.1. The average molecular weight is 183 g/mol. The fourth-order valence-corrected chi connectivity index (χ4v) is 1.12. The smallest absolute Gasteiger partial charge is 0.423 e. The molecule has 0 saturated heterocycles. The lowest BCUT2D eigenvalue weighted by Gasteiger charge is -2.10. The summed E-state index contributed by atoms with van der Waals surface area (Å²) in [6.45, 7) is 2.33. The first kappa shape index (κ1) is 10.0. The lowest BCUT2D eigenvalue weighted by Crippen LogP contribution is -2.33. The summed E-state index contributed by atoms with van der Waals surface area (Å²) in [5.74, 6) is -0.479. The second-order valence-electron chi connectivity index (χ2n) is 2.61. The molecular formula is C8H11BFNO2. The van der Waals surface area contributed by atoms with Crippen molar-refractivity contribution in [1.82, 2.24) is 0 Å². The van der Waals surface area contributed by atoms with E-state index in [1.807, 2.05) is 0 Å². The molecule has 0 spiro atoms. The summed E-state index contributed by atoms with van der Waals surface area (Å²) in [6, 6.07) is 4.17. The minimum Gasteiger partial charge on any atom is -0.423 e. The van der Waals surface area contributed by atoms with Crippen molar-refractivity contribution < 1.29 is 14.4 Å². The minimum atomic E-state index is -1.65. The minimum absolute atomic E-state index is 0.153. The summed E-state index contributed by atoms with van der Waals surface area (Å²) < 4.78 is 13.1. The highest BCUT2D eigenvalue weighted by molar-refractivity contribution is 6.60. The van der Waals surface area contributed by atoms with Gasteiger partial charge in [-0.05, 0) is 13.0 Å². The molecule has 0 bridgehead atoms. The highest BCUT2D eigenvalue weighted by Gasteiger charge is 2.17. The van der Waals surface area contributed by atoms with Crippen LogP contribution in [-0.2, 0) is 0 Å². The van der Waals surface area contributed by atoms with Crippen LogP contribution in [0.25, 0.3) is 0 Å². The van der Waals surface area contributed by atoms with Crippen molar-refractivity contribution in [3.63, 3.8) is 0 Å². The molecule has 0 aliphatic heterocycles. The Bertz CT molecular complexity index is 293. The molecule has 0 atom stereocenters. The van der Waals surface area contributed by atoms with Crippen molar-refractivity contribution in [3.8, 4) is 0 Å². The molecule has 3 nitrogen and oxygen atoms in total. The van der Waals surface area contributed by atoms with Crippen LogP contribution in [0.2, 0.25) is 0 Å². The van der Waals surface area contributed by atoms with Gasteiger partial charge in [-0.25, -0.2) is 4.39 Å². The fraction of sp³-hybridized carbons (Fsp3) is 0.250. The number of hydrogen-bond acceptors (Lipinski definition) is 3. The van der Waals surface area contributed by atoms with E-state index >= 15 is 0 Å². The van der Waals surface area contributed by atoms with E-state index in [0.717, 1.165) is 0 Å². The molecule has 0 aromatic heterocycles.